The number of ether oxygens (including phenoxy) is 1. The first-order valence-electron chi connectivity index (χ1n) is 7.12. The maximum absolute atomic E-state index is 13.1. The number of halogens is 3. The van der Waals surface area contributed by atoms with E-state index in [4.69, 9.17) is 4.74 Å². The Kier molecular flexibility index (Phi) is 3.76. The summed E-state index contributed by atoms with van der Waals surface area (Å²) in [6.07, 6.45) is -2.52. The summed E-state index contributed by atoms with van der Waals surface area (Å²) in [4.78, 5) is 0. The normalized spacial score (nSPS) is 34.7. The van der Waals surface area contributed by atoms with Crippen molar-refractivity contribution in [2.75, 3.05) is 7.11 Å². The van der Waals surface area contributed by atoms with Gasteiger partial charge in [0.15, 0.2) is 0 Å². The van der Waals surface area contributed by atoms with Crippen LogP contribution in [0.4, 0.5) is 13.2 Å². The van der Waals surface area contributed by atoms with Crippen LogP contribution in [0.1, 0.15) is 36.8 Å². The minimum absolute atomic E-state index is 0.125. The zero-order valence-electron chi connectivity index (χ0n) is 12.0. The Morgan fingerprint density at radius 3 is 2.36 bits per heavy atom. The van der Waals surface area contributed by atoms with Gasteiger partial charge in [0, 0.05) is 21.3 Å². The number of methoxy groups -OCH3 is 1. The van der Waals surface area contributed by atoms with Gasteiger partial charge in [-0.3, -0.25) is 4.21 Å². The molecule has 0 amide bonds. The van der Waals surface area contributed by atoms with Gasteiger partial charge in [0.2, 0.25) is 0 Å². The summed E-state index contributed by atoms with van der Waals surface area (Å²) in [7, 11) is 0.209. The first-order valence-corrected chi connectivity index (χ1v) is 8.40. The average Bonchev–Trinajstić information content (AvgIpc) is 2.69. The van der Waals surface area contributed by atoms with Gasteiger partial charge in [0.05, 0.1) is 18.3 Å². The van der Waals surface area contributed by atoms with Crippen LogP contribution in [-0.2, 0) is 22.6 Å². The Balaban J connectivity index is 2.00. The van der Waals surface area contributed by atoms with E-state index in [0.717, 1.165) is 18.9 Å². The zero-order chi connectivity index (χ0) is 16.1. The molecule has 2 aliphatic rings. The summed E-state index contributed by atoms with van der Waals surface area (Å²) >= 11 is 0. The Bertz CT molecular complexity index is 599. The highest BCUT2D eigenvalue weighted by Crippen LogP contribution is 2.47. The van der Waals surface area contributed by atoms with Gasteiger partial charge < -0.3 is 9.84 Å². The molecule has 1 aromatic carbocycles. The molecule has 2 fully saturated rings. The van der Waals surface area contributed by atoms with Crippen LogP contribution in [0.15, 0.2) is 18.2 Å². The van der Waals surface area contributed by atoms with Crippen molar-refractivity contribution in [1.82, 2.24) is 0 Å². The lowest BCUT2D eigenvalue weighted by atomic mass is 9.85. The van der Waals surface area contributed by atoms with Crippen molar-refractivity contribution in [3.8, 4) is 5.75 Å². The molecule has 0 radical (unpaired) electrons. The lowest BCUT2D eigenvalue weighted by Crippen LogP contribution is -2.40. The summed E-state index contributed by atoms with van der Waals surface area (Å²) in [6, 6.07) is 3.68. The summed E-state index contributed by atoms with van der Waals surface area (Å²) in [5.41, 5.74) is -2.00. The van der Waals surface area contributed by atoms with Gasteiger partial charge in [-0.1, -0.05) is 6.07 Å². The number of benzene rings is 1. The van der Waals surface area contributed by atoms with Crippen LogP contribution in [0.25, 0.3) is 0 Å². The Labute approximate surface area is 128 Å². The third-order valence-electron chi connectivity index (χ3n) is 4.64. The van der Waals surface area contributed by atoms with E-state index < -0.39 is 28.1 Å². The predicted octanol–water partition coefficient (Wildman–Crippen LogP) is 2.98. The summed E-state index contributed by atoms with van der Waals surface area (Å²) in [5, 5.41) is 10.6. The van der Waals surface area contributed by atoms with Crippen molar-refractivity contribution >= 4 is 10.8 Å². The molecule has 1 aromatic rings. The van der Waals surface area contributed by atoms with E-state index in [-0.39, 0.29) is 34.7 Å². The maximum atomic E-state index is 13.1. The van der Waals surface area contributed by atoms with Crippen LogP contribution in [0.2, 0.25) is 0 Å². The lowest BCUT2D eigenvalue weighted by molar-refractivity contribution is -0.139. The Morgan fingerprint density at radius 1 is 1.27 bits per heavy atom. The summed E-state index contributed by atoms with van der Waals surface area (Å²) < 4.78 is 56.2. The number of hydrogen-bond acceptors (Lipinski definition) is 3. The van der Waals surface area contributed by atoms with E-state index in [2.05, 4.69) is 0 Å². The fraction of sp³-hybridized carbons (Fsp3) is 0.600. The van der Waals surface area contributed by atoms with Crippen molar-refractivity contribution in [3.05, 3.63) is 29.3 Å². The van der Waals surface area contributed by atoms with E-state index in [1.165, 1.54) is 19.2 Å². The first-order chi connectivity index (χ1) is 10.2. The van der Waals surface area contributed by atoms with Gasteiger partial charge in [-0.25, -0.2) is 0 Å². The molecule has 0 saturated carbocycles. The van der Waals surface area contributed by atoms with E-state index in [1.54, 1.807) is 0 Å². The predicted molar refractivity (Wildman–Crippen MR) is 76.1 cm³/mol. The standard InChI is InChI=1S/C15H17F3O3S/c1-21-13-5-2-9(6-12(13)15(16,17)18)14(19)7-10-3-4-11(8-14)22(10)20/h2,5-6,10-11,19H,3-4,7-8H2,1H3. The molecule has 2 saturated heterocycles. The Morgan fingerprint density at radius 2 is 1.86 bits per heavy atom. The highest BCUT2D eigenvalue weighted by atomic mass is 32.2. The second-order valence-electron chi connectivity index (χ2n) is 6.00. The smallest absolute Gasteiger partial charge is 0.419 e. The molecule has 22 heavy (non-hydrogen) atoms. The third-order valence-corrected chi connectivity index (χ3v) is 6.76. The Hall–Kier alpha value is -1.08. The van der Waals surface area contributed by atoms with Gasteiger partial charge in [-0.15, -0.1) is 0 Å². The minimum atomic E-state index is -4.55. The molecule has 0 aliphatic carbocycles. The highest BCUT2D eigenvalue weighted by molar-refractivity contribution is 7.86. The number of rotatable bonds is 2. The monoisotopic (exact) mass is 334 g/mol. The molecule has 2 aliphatic heterocycles. The topological polar surface area (TPSA) is 46.5 Å². The van der Waals surface area contributed by atoms with Gasteiger partial charge in [0.25, 0.3) is 0 Å². The van der Waals surface area contributed by atoms with Crippen LogP contribution in [0.3, 0.4) is 0 Å². The molecule has 0 spiro atoms. The fourth-order valence-electron chi connectivity index (χ4n) is 3.54. The second kappa shape index (κ2) is 5.23. The summed E-state index contributed by atoms with van der Waals surface area (Å²) in [5.74, 6) is -0.262. The van der Waals surface area contributed by atoms with E-state index in [9.17, 15) is 22.5 Å². The van der Waals surface area contributed by atoms with Crippen molar-refractivity contribution in [2.45, 2.75) is 48.0 Å². The fourth-order valence-corrected chi connectivity index (χ4v) is 5.70. The molecule has 2 bridgehead atoms. The van der Waals surface area contributed by atoms with Crippen molar-refractivity contribution in [2.24, 2.45) is 0 Å². The molecule has 1 N–H and O–H groups in total. The van der Waals surface area contributed by atoms with Gasteiger partial charge >= 0.3 is 6.18 Å². The van der Waals surface area contributed by atoms with Crippen LogP contribution in [0.5, 0.6) is 5.75 Å². The quantitative estimate of drug-likeness (QED) is 0.904. The van der Waals surface area contributed by atoms with Gasteiger partial charge in [0.1, 0.15) is 5.75 Å². The van der Waals surface area contributed by atoms with Crippen molar-refractivity contribution < 1.29 is 27.2 Å². The van der Waals surface area contributed by atoms with E-state index >= 15 is 0 Å². The molecule has 2 unspecified atom stereocenters. The SMILES string of the molecule is COc1ccc(C2(O)CC3CCC(C2)S3=O)cc1C(F)(F)F. The minimum Gasteiger partial charge on any atom is -0.496 e. The molecule has 2 heterocycles. The number of aliphatic hydroxyl groups is 1. The van der Waals surface area contributed by atoms with Crippen LogP contribution < -0.4 is 4.74 Å². The number of fused-ring (bicyclic) bond motifs is 2. The van der Waals surface area contributed by atoms with E-state index in [0.29, 0.717) is 0 Å². The third kappa shape index (κ3) is 2.54. The molecule has 7 heteroatoms. The maximum Gasteiger partial charge on any atom is 0.419 e. The highest BCUT2D eigenvalue weighted by Gasteiger charge is 2.49. The molecular weight excluding hydrogens is 317 g/mol. The van der Waals surface area contributed by atoms with E-state index in [1.807, 2.05) is 0 Å². The van der Waals surface area contributed by atoms with Gasteiger partial charge in [-0.05, 0) is 43.4 Å². The number of hydrogen-bond donors (Lipinski definition) is 1. The van der Waals surface area contributed by atoms with Crippen molar-refractivity contribution in [1.29, 1.82) is 0 Å². The molecule has 3 rings (SSSR count). The molecule has 0 aromatic heterocycles. The lowest BCUT2D eigenvalue weighted by Gasteiger charge is -2.36. The zero-order valence-corrected chi connectivity index (χ0v) is 12.8. The first kappa shape index (κ1) is 15.8. The van der Waals surface area contributed by atoms with Crippen LogP contribution >= 0.6 is 0 Å². The molecule has 3 nitrogen and oxygen atoms in total. The van der Waals surface area contributed by atoms with Crippen LogP contribution in [0, 0.1) is 0 Å². The average molecular weight is 334 g/mol. The molecule has 2 atom stereocenters. The van der Waals surface area contributed by atoms with Gasteiger partial charge in [-0.2, -0.15) is 13.2 Å². The molecule has 122 valence electrons. The van der Waals surface area contributed by atoms with Crippen LogP contribution in [-0.4, -0.2) is 26.9 Å². The second-order valence-corrected chi connectivity index (χ2v) is 7.99. The summed E-state index contributed by atoms with van der Waals surface area (Å²) in [6.45, 7) is 0. The number of alkyl halides is 3. The molecular formula is C15H17F3O3S. The van der Waals surface area contributed by atoms with Crippen molar-refractivity contribution in [3.63, 3.8) is 0 Å². The largest absolute Gasteiger partial charge is 0.496 e.